The molecule has 0 radical (unpaired) electrons. The summed E-state index contributed by atoms with van der Waals surface area (Å²) >= 11 is 0. The molecule has 0 aromatic heterocycles. The Hall–Kier alpha value is -1.81. The van der Waals surface area contributed by atoms with Crippen molar-refractivity contribution in [2.75, 3.05) is 6.61 Å². The molecule has 0 saturated carbocycles. The van der Waals surface area contributed by atoms with Gasteiger partial charge >= 0.3 is 7.60 Å². The van der Waals surface area contributed by atoms with Crippen LogP contribution in [0.2, 0.25) is 0 Å². The number of rotatable bonds is 6. The number of phenols is 1. The van der Waals surface area contributed by atoms with E-state index in [1.165, 1.54) is 12.1 Å². The molecule has 21 heavy (non-hydrogen) atoms. The Kier molecular flexibility index (Phi) is 5.02. The van der Waals surface area contributed by atoms with Gasteiger partial charge in [0.15, 0.2) is 0 Å². The predicted molar refractivity (Wildman–Crippen MR) is 79.8 cm³/mol. The molecular weight excluding hydrogens is 291 g/mol. The minimum Gasteiger partial charge on any atom is -0.508 e. The first-order valence-corrected chi connectivity index (χ1v) is 8.27. The fraction of sp³-hybridized carbons (Fsp3) is 0.200. The van der Waals surface area contributed by atoms with Crippen molar-refractivity contribution in [3.05, 3.63) is 54.1 Å². The summed E-state index contributed by atoms with van der Waals surface area (Å²) in [6, 6.07) is 13.2. The second-order valence-corrected chi connectivity index (χ2v) is 6.30. The molecule has 0 saturated heterocycles. The van der Waals surface area contributed by atoms with Crippen LogP contribution in [0.5, 0.6) is 17.2 Å². The number of ether oxygens (including phenoxy) is 1. The fourth-order valence-corrected chi connectivity index (χ4v) is 2.96. The van der Waals surface area contributed by atoms with Crippen LogP contribution in [0.3, 0.4) is 0 Å². The summed E-state index contributed by atoms with van der Waals surface area (Å²) in [5.41, 5.74) is 0.701. The lowest BCUT2D eigenvalue weighted by Gasteiger charge is -2.11. The minimum absolute atomic E-state index is 0.0275. The number of benzene rings is 2. The zero-order chi connectivity index (χ0) is 15.3. The van der Waals surface area contributed by atoms with Gasteiger partial charge < -0.3 is 19.3 Å². The predicted octanol–water partition coefficient (Wildman–Crippen LogP) is 3.91. The SMILES string of the molecule is CCOP(=O)(O)Cc1ccc(Oc2ccc(O)cc2)cc1. The summed E-state index contributed by atoms with van der Waals surface area (Å²) in [5, 5.41) is 9.19. The summed E-state index contributed by atoms with van der Waals surface area (Å²) in [6.45, 7) is 1.88. The van der Waals surface area contributed by atoms with E-state index in [0.717, 1.165) is 0 Å². The van der Waals surface area contributed by atoms with E-state index < -0.39 is 7.60 Å². The monoisotopic (exact) mass is 308 g/mol. The summed E-state index contributed by atoms with van der Waals surface area (Å²) in [7, 11) is -3.57. The van der Waals surface area contributed by atoms with Crippen LogP contribution in [0.25, 0.3) is 0 Å². The highest BCUT2D eigenvalue weighted by molar-refractivity contribution is 7.51. The molecule has 0 heterocycles. The zero-order valence-electron chi connectivity index (χ0n) is 11.6. The third-order valence-corrected chi connectivity index (χ3v) is 4.14. The van der Waals surface area contributed by atoms with Gasteiger partial charge in [-0.3, -0.25) is 4.57 Å². The smallest absolute Gasteiger partial charge is 0.332 e. The summed E-state index contributed by atoms with van der Waals surface area (Å²) < 4.78 is 22.1. The van der Waals surface area contributed by atoms with E-state index in [-0.39, 0.29) is 18.5 Å². The summed E-state index contributed by atoms with van der Waals surface area (Å²) in [5.74, 6) is 1.38. The first-order chi connectivity index (χ1) is 9.98. The average Bonchev–Trinajstić information content (AvgIpc) is 2.43. The highest BCUT2D eigenvalue weighted by Crippen LogP contribution is 2.45. The second-order valence-electron chi connectivity index (χ2n) is 4.45. The van der Waals surface area contributed by atoms with Crippen molar-refractivity contribution in [1.82, 2.24) is 0 Å². The molecule has 5 nitrogen and oxygen atoms in total. The van der Waals surface area contributed by atoms with Gasteiger partial charge in [-0.05, 0) is 48.9 Å². The van der Waals surface area contributed by atoms with Crippen molar-refractivity contribution in [2.24, 2.45) is 0 Å². The minimum atomic E-state index is -3.57. The lowest BCUT2D eigenvalue weighted by atomic mass is 10.2. The molecule has 0 bridgehead atoms. The Bertz CT molecular complexity index is 622. The van der Waals surface area contributed by atoms with Crippen LogP contribution in [0.4, 0.5) is 0 Å². The molecule has 0 aliphatic rings. The van der Waals surface area contributed by atoms with Gasteiger partial charge in [0.05, 0.1) is 12.8 Å². The number of hydrogen-bond acceptors (Lipinski definition) is 4. The Morgan fingerprint density at radius 2 is 1.52 bits per heavy atom. The topological polar surface area (TPSA) is 76.0 Å². The van der Waals surface area contributed by atoms with Crippen LogP contribution in [-0.2, 0) is 15.3 Å². The van der Waals surface area contributed by atoms with Crippen LogP contribution < -0.4 is 4.74 Å². The van der Waals surface area contributed by atoms with Gasteiger partial charge in [-0.25, -0.2) is 0 Å². The number of phenolic OH excluding ortho intramolecular Hbond substituents is 1. The summed E-state index contributed by atoms with van der Waals surface area (Å²) in [6.07, 6.45) is -0.0275. The molecule has 2 aromatic rings. The molecule has 1 unspecified atom stereocenters. The van der Waals surface area contributed by atoms with E-state index in [2.05, 4.69) is 0 Å². The van der Waals surface area contributed by atoms with Gasteiger partial charge in [0.25, 0.3) is 0 Å². The molecule has 0 aliphatic carbocycles. The van der Waals surface area contributed by atoms with E-state index in [1.54, 1.807) is 43.3 Å². The highest BCUT2D eigenvalue weighted by Gasteiger charge is 2.18. The molecule has 2 rings (SSSR count). The molecule has 2 aromatic carbocycles. The number of hydrogen-bond donors (Lipinski definition) is 2. The van der Waals surface area contributed by atoms with Crippen molar-refractivity contribution >= 4 is 7.60 Å². The third kappa shape index (κ3) is 4.90. The van der Waals surface area contributed by atoms with Crippen molar-refractivity contribution in [1.29, 1.82) is 0 Å². The van der Waals surface area contributed by atoms with Crippen LogP contribution in [-0.4, -0.2) is 16.6 Å². The van der Waals surface area contributed by atoms with Crippen LogP contribution >= 0.6 is 7.60 Å². The average molecular weight is 308 g/mol. The van der Waals surface area contributed by atoms with E-state index >= 15 is 0 Å². The standard InChI is InChI=1S/C15H17O5P/c1-2-19-21(17,18)11-12-3-7-14(8-4-12)20-15-9-5-13(16)6-10-15/h3-10,16H,2,11H2,1H3,(H,17,18). The molecule has 6 heteroatoms. The Balaban J connectivity index is 2.02. The molecule has 2 N–H and O–H groups in total. The van der Waals surface area contributed by atoms with Crippen molar-refractivity contribution in [3.63, 3.8) is 0 Å². The number of aromatic hydroxyl groups is 1. The van der Waals surface area contributed by atoms with Gasteiger partial charge in [0.2, 0.25) is 0 Å². The van der Waals surface area contributed by atoms with Gasteiger partial charge in [-0.1, -0.05) is 12.1 Å². The van der Waals surface area contributed by atoms with Gasteiger partial charge in [-0.15, -0.1) is 0 Å². The molecule has 1 atom stereocenters. The Labute approximate surface area is 123 Å². The molecule has 0 spiro atoms. The maximum Gasteiger partial charge on any atom is 0.332 e. The normalized spacial score (nSPS) is 13.6. The second kappa shape index (κ2) is 6.76. The highest BCUT2D eigenvalue weighted by atomic mass is 31.2. The van der Waals surface area contributed by atoms with Crippen LogP contribution in [0.1, 0.15) is 12.5 Å². The van der Waals surface area contributed by atoms with Crippen molar-refractivity contribution in [3.8, 4) is 17.2 Å². The lowest BCUT2D eigenvalue weighted by molar-refractivity contribution is 0.272. The largest absolute Gasteiger partial charge is 0.508 e. The fourth-order valence-electron chi connectivity index (χ4n) is 1.79. The zero-order valence-corrected chi connectivity index (χ0v) is 12.5. The van der Waals surface area contributed by atoms with Crippen molar-refractivity contribution in [2.45, 2.75) is 13.1 Å². The van der Waals surface area contributed by atoms with Gasteiger partial charge in [0, 0.05) is 0 Å². The quantitative estimate of drug-likeness (QED) is 0.791. The Morgan fingerprint density at radius 1 is 1.00 bits per heavy atom. The molecule has 0 aliphatic heterocycles. The maximum atomic E-state index is 11.7. The van der Waals surface area contributed by atoms with Gasteiger partial charge in [0.1, 0.15) is 17.2 Å². The molecule has 112 valence electrons. The van der Waals surface area contributed by atoms with Gasteiger partial charge in [-0.2, -0.15) is 0 Å². The summed E-state index contributed by atoms with van der Waals surface area (Å²) in [4.78, 5) is 9.58. The molecule has 0 amide bonds. The first-order valence-electron chi connectivity index (χ1n) is 6.51. The van der Waals surface area contributed by atoms with Crippen molar-refractivity contribution < 1.29 is 23.8 Å². The lowest BCUT2D eigenvalue weighted by Crippen LogP contribution is -1.93. The third-order valence-electron chi connectivity index (χ3n) is 2.71. The van der Waals surface area contributed by atoms with E-state index in [0.29, 0.717) is 17.1 Å². The van der Waals surface area contributed by atoms with Crippen LogP contribution in [0.15, 0.2) is 48.5 Å². The van der Waals surface area contributed by atoms with E-state index in [1.807, 2.05) is 0 Å². The first kappa shape index (κ1) is 15.6. The Morgan fingerprint density at radius 3 is 2.05 bits per heavy atom. The molecular formula is C15H17O5P. The van der Waals surface area contributed by atoms with E-state index in [9.17, 15) is 14.6 Å². The van der Waals surface area contributed by atoms with E-state index in [4.69, 9.17) is 9.26 Å². The van der Waals surface area contributed by atoms with Crippen LogP contribution in [0, 0.1) is 0 Å². The molecule has 0 fully saturated rings. The maximum absolute atomic E-state index is 11.7.